The molecule has 0 unspecified atom stereocenters. The van der Waals surface area contributed by atoms with E-state index in [2.05, 4.69) is 4.74 Å². The number of halogens is 3. The summed E-state index contributed by atoms with van der Waals surface area (Å²) in [5.74, 6) is -1.03. The number of alkyl halides is 3. The highest BCUT2D eigenvalue weighted by Crippen LogP contribution is 2.36. The van der Waals surface area contributed by atoms with Gasteiger partial charge in [0, 0.05) is 0 Å². The lowest BCUT2D eigenvalue weighted by molar-refractivity contribution is -0.153. The smallest absolute Gasteiger partial charge is 0.483 e. The minimum absolute atomic E-state index is 0.105. The summed E-state index contributed by atoms with van der Waals surface area (Å²) >= 11 is 0. The molecule has 0 spiro atoms. The van der Waals surface area contributed by atoms with Crippen LogP contribution in [0.3, 0.4) is 0 Å². The lowest BCUT2D eigenvalue weighted by Gasteiger charge is -2.32. The Balaban J connectivity index is 2.34. The third-order valence-corrected chi connectivity index (χ3v) is 4.33. The SMILES string of the molecule is COC(=O)c1ccc(B2OC(C)(C)C(C)(C)O2)cc1OCC(F)(F)F. The van der Waals surface area contributed by atoms with Gasteiger partial charge in [0.05, 0.1) is 18.3 Å². The van der Waals surface area contributed by atoms with Gasteiger partial charge in [-0.2, -0.15) is 13.2 Å². The second-order valence-electron chi connectivity index (χ2n) is 6.74. The van der Waals surface area contributed by atoms with Crippen LogP contribution in [-0.4, -0.2) is 44.2 Å². The molecule has 2 rings (SSSR count). The molecule has 0 amide bonds. The summed E-state index contributed by atoms with van der Waals surface area (Å²) in [5.41, 5.74) is -0.868. The van der Waals surface area contributed by atoms with E-state index in [9.17, 15) is 18.0 Å². The Morgan fingerprint density at radius 1 is 1.16 bits per heavy atom. The van der Waals surface area contributed by atoms with Crippen LogP contribution in [0.2, 0.25) is 0 Å². The number of carbonyl (C=O) groups is 1. The van der Waals surface area contributed by atoms with E-state index in [1.54, 1.807) is 0 Å². The van der Waals surface area contributed by atoms with Crippen LogP contribution < -0.4 is 10.2 Å². The first-order chi connectivity index (χ1) is 11.4. The molecule has 1 aliphatic rings. The quantitative estimate of drug-likeness (QED) is 0.611. The molecular weight excluding hydrogens is 340 g/mol. The summed E-state index contributed by atoms with van der Waals surface area (Å²) in [4.78, 5) is 11.8. The van der Waals surface area contributed by atoms with Gasteiger partial charge >= 0.3 is 19.3 Å². The number of rotatable bonds is 4. The predicted octanol–water partition coefficient (Wildman–Crippen LogP) is 2.71. The average Bonchev–Trinajstić information content (AvgIpc) is 2.71. The number of methoxy groups -OCH3 is 1. The molecule has 9 heteroatoms. The summed E-state index contributed by atoms with van der Waals surface area (Å²) in [6.07, 6.45) is -4.53. The van der Waals surface area contributed by atoms with Crippen LogP contribution in [0.15, 0.2) is 18.2 Å². The van der Waals surface area contributed by atoms with Gasteiger partial charge < -0.3 is 18.8 Å². The Kier molecular flexibility index (Phi) is 5.12. The molecule has 1 aromatic carbocycles. The van der Waals surface area contributed by atoms with Gasteiger partial charge in [0.25, 0.3) is 0 Å². The zero-order chi connectivity index (χ0) is 19.0. The summed E-state index contributed by atoms with van der Waals surface area (Å²) in [5, 5.41) is 0. The van der Waals surface area contributed by atoms with Crippen molar-refractivity contribution in [2.24, 2.45) is 0 Å². The molecule has 5 nitrogen and oxygen atoms in total. The zero-order valence-corrected chi connectivity index (χ0v) is 14.7. The number of esters is 1. The fourth-order valence-electron chi connectivity index (χ4n) is 2.22. The molecule has 0 aromatic heterocycles. The molecular formula is C16H20BF3O5. The van der Waals surface area contributed by atoms with Gasteiger partial charge in [0.1, 0.15) is 11.3 Å². The first kappa shape index (κ1) is 19.6. The molecule has 1 fully saturated rings. The highest BCUT2D eigenvalue weighted by molar-refractivity contribution is 6.62. The minimum atomic E-state index is -4.53. The molecule has 0 N–H and O–H groups in total. The fraction of sp³-hybridized carbons (Fsp3) is 0.562. The highest BCUT2D eigenvalue weighted by atomic mass is 19.4. The number of ether oxygens (including phenoxy) is 2. The molecule has 138 valence electrons. The maximum atomic E-state index is 12.5. The lowest BCUT2D eigenvalue weighted by atomic mass is 9.78. The molecule has 1 aliphatic heterocycles. The summed E-state index contributed by atoms with van der Waals surface area (Å²) in [6.45, 7) is 5.91. The minimum Gasteiger partial charge on any atom is -0.483 e. The van der Waals surface area contributed by atoms with Crippen LogP contribution in [0.1, 0.15) is 38.1 Å². The molecule has 1 heterocycles. The molecule has 1 aromatic rings. The van der Waals surface area contributed by atoms with Crippen molar-refractivity contribution >= 4 is 18.6 Å². The number of benzene rings is 1. The molecule has 0 saturated carbocycles. The highest BCUT2D eigenvalue weighted by Gasteiger charge is 2.51. The second kappa shape index (κ2) is 6.53. The van der Waals surface area contributed by atoms with Crippen LogP contribution in [0.5, 0.6) is 5.75 Å². The van der Waals surface area contributed by atoms with Gasteiger partial charge in [0.2, 0.25) is 0 Å². The van der Waals surface area contributed by atoms with Crippen molar-refractivity contribution in [3.8, 4) is 5.75 Å². The third-order valence-electron chi connectivity index (χ3n) is 4.33. The van der Waals surface area contributed by atoms with E-state index in [-0.39, 0.29) is 11.3 Å². The van der Waals surface area contributed by atoms with Crippen LogP contribution >= 0.6 is 0 Å². The Hall–Kier alpha value is -1.74. The van der Waals surface area contributed by atoms with Gasteiger partial charge in [-0.1, -0.05) is 6.07 Å². The maximum Gasteiger partial charge on any atom is 0.494 e. The van der Waals surface area contributed by atoms with Crippen molar-refractivity contribution in [3.05, 3.63) is 23.8 Å². The number of hydrogen-bond donors (Lipinski definition) is 0. The Bertz CT molecular complexity index is 642. The lowest BCUT2D eigenvalue weighted by Crippen LogP contribution is -2.41. The monoisotopic (exact) mass is 360 g/mol. The van der Waals surface area contributed by atoms with E-state index >= 15 is 0 Å². The fourth-order valence-corrected chi connectivity index (χ4v) is 2.22. The van der Waals surface area contributed by atoms with Crippen LogP contribution in [0.4, 0.5) is 13.2 Å². The average molecular weight is 360 g/mol. The van der Waals surface area contributed by atoms with Gasteiger partial charge in [0.15, 0.2) is 6.61 Å². The van der Waals surface area contributed by atoms with Gasteiger partial charge in [-0.3, -0.25) is 0 Å². The molecule has 0 bridgehead atoms. The van der Waals surface area contributed by atoms with Crippen molar-refractivity contribution in [3.63, 3.8) is 0 Å². The Labute approximate surface area is 144 Å². The molecule has 25 heavy (non-hydrogen) atoms. The van der Waals surface area contributed by atoms with Crippen molar-refractivity contribution in [1.29, 1.82) is 0 Å². The van der Waals surface area contributed by atoms with Crippen molar-refractivity contribution in [2.45, 2.75) is 45.1 Å². The normalized spacial score (nSPS) is 19.0. The second-order valence-corrected chi connectivity index (χ2v) is 6.74. The Morgan fingerprint density at radius 3 is 2.20 bits per heavy atom. The molecule has 0 atom stereocenters. The summed E-state index contributed by atoms with van der Waals surface area (Å²) in [6, 6.07) is 4.17. The van der Waals surface area contributed by atoms with Crippen molar-refractivity contribution in [1.82, 2.24) is 0 Å². The van der Waals surface area contributed by atoms with E-state index in [1.165, 1.54) is 18.2 Å². The molecule has 0 aliphatic carbocycles. The summed E-state index contributed by atoms with van der Waals surface area (Å²) in [7, 11) is 0.350. The van der Waals surface area contributed by atoms with E-state index in [0.717, 1.165) is 7.11 Å². The van der Waals surface area contributed by atoms with E-state index in [4.69, 9.17) is 14.0 Å². The van der Waals surface area contributed by atoms with Crippen molar-refractivity contribution in [2.75, 3.05) is 13.7 Å². The van der Waals surface area contributed by atoms with Gasteiger partial charge in [-0.05, 0) is 45.3 Å². The topological polar surface area (TPSA) is 54.0 Å². The molecule has 0 radical (unpaired) electrons. The Morgan fingerprint density at radius 2 is 1.72 bits per heavy atom. The predicted molar refractivity (Wildman–Crippen MR) is 85.0 cm³/mol. The van der Waals surface area contributed by atoms with Crippen molar-refractivity contribution < 1.29 is 36.7 Å². The van der Waals surface area contributed by atoms with Gasteiger partial charge in [-0.15, -0.1) is 0 Å². The van der Waals surface area contributed by atoms with E-state index < -0.39 is 37.1 Å². The third kappa shape index (κ3) is 4.27. The first-order valence-corrected chi connectivity index (χ1v) is 7.64. The number of carbonyl (C=O) groups excluding carboxylic acids is 1. The standard InChI is InChI=1S/C16H20BF3O5/c1-14(2)15(3,4)25-17(24-14)10-6-7-11(13(21)22-5)12(8-10)23-9-16(18,19)20/h6-8H,9H2,1-5H3. The van der Waals surface area contributed by atoms with Gasteiger partial charge in [-0.25, -0.2) is 4.79 Å². The van der Waals surface area contributed by atoms with Crippen LogP contribution in [0.25, 0.3) is 0 Å². The van der Waals surface area contributed by atoms with Crippen LogP contribution in [0, 0.1) is 0 Å². The van der Waals surface area contributed by atoms with Crippen LogP contribution in [-0.2, 0) is 14.0 Å². The first-order valence-electron chi connectivity index (χ1n) is 7.64. The maximum absolute atomic E-state index is 12.5. The largest absolute Gasteiger partial charge is 0.494 e. The summed E-state index contributed by atoms with van der Waals surface area (Å²) < 4.78 is 58.5. The molecule has 1 saturated heterocycles. The van der Waals surface area contributed by atoms with E-state index in [1.807, 2.05) is 27.7 Å². The number of hydrogen-bond acceptors (Lipinski definition) is 5. The zero-order valence-electron chi connectivity index (χ0n) is 14.7. The van der Waals surface area contributed by atoms with E-state index in [0.29, 0.717) is 5.46 Å².